The largest absolute Gasteiger partial charge is 0.355 e. The molecule has 8 heteroatoms. The summed E-state index contributed by atoms with van der Waals surface area (Å²) < 4.78 is 26.6. The van der Waals surface area contributed by atoms with E-state index < -0.39 is 10.0 Å². The molecule has 0 saturated carbocycles. The Kier molecular flexibility index (Phi) is 5.76. The number of rotatable bonds is 6. The fourth-order valence-electron chi connectivity index (χ4n) is 3.09. The minimum atomic E-state index is -3.44. The average Bonchev–Trinajstić information content (AvgIpc) is 3.24. The number of hydrogen-bond acceptors (Lipinski definition) is 5. The highest BCUT2D eigenvalue weighted by Gasteiger charge is 2.27. The molecule has 0 aliphatic carbocycles. The van der Waals surface area contributed by atoms with Crippen LogP contribution in [0.5, 0.6) is 0 Å². The molecule has 0 unspecified atom stereocenters. The molecule has 1 N–H and O–H groups in total. The molecule has 1 aromatic carbocycles. The quantitative estimate of drug-likeness (QED) is 0.817. The zero-order chi connectivity index (χ0) is 19.4. The highest BCUT2D eigenvalue weighted by molar-refractivity contribution is 7.89. The van der Waals surface area contributed by atoms with Gasteiger partial charge in [0, 0.05) is 45.5 Å². The maximum absolute atomic E-state index is 12.6. The van der Waals surface area contributed by atoms with E-state index in [1.54, 1.807) is 31.3 Å². The summed E-state index contributed by atoms with van der Waals surface area (Å²) in [4.78, 5) is 18.1. The number of carbonyl (C=O) groups is 1. The van der Waals surface area contributed by atoms with Crippen LogP contribution in [0.2, 0.25) is 0 Å². The topological polar surface area (TPSA) is 82.6 Å². The SMILES string of the molecule is CNC(=O)c1ccc(CN(C)c2ccc(S(=O)(=O)N3CCCC3)cn2)cc1. The summed E-state index contributed by atoms with van der Waals surface area (Å²) >= 11 is 0. The number of benzene rings is 1. The van der Waals surface area contributed by atoms with Crippen molar-refractivity contribution < 1.29 is 13.2 Å². The van der Waals surface area contributed by atoms with Gasteiger partial charge in [-0.2, -0.15) is 4.31 Å². The van der Waals surface area contributed by atoms with Gasteiger partial charge in [0.15, 0.2) is 0 Å². The molecular formula is C19H24N4O3S. The third kappa shape index (κ3) is 4.28. The Labute approximate surface area is 160 Å². The maximum Gasteiger partial charge on any atom is 0.251 e. The van der Waals surface area contributed by atoms with Crippen LogP contribution in [0.3, 0.4) is 0 Å². The van der Waals surface area contributed by atoms with Gasteiger partial charge in [0.25, 0.3) is 5.91 Å². The van der Waals surface area contributed by atoms with Gasteiger partial charge in [-0.15, -0.1) is 0 Å². The van der Waals surface area contributed by atoms with Gasteiger partial charge < -0.3 is 10.2 Å². The number of anilines is 1. The molecule has 1 amide bonds. The first-order valence-corrected chi connectivity index (χ1v) is 10.3. The third-order valence-electron chi connectivity index (χ3n) is 4.68. The monoisotopic (exact) mass is 388 g/mol. The molecule has 2 heterocycles. The molecular weight excluding hydrogens is 364 g/mol. The zero-order valence-electron chi connectivity index (χ0n) is 15.6. The number of nitrogens with zero attached hydrogens (tertiary/aromatic N) is 3. The molecule has 27 heavy (non-hydrogen) atoms. The summed E-state index contributed by atoms with van der Waals surface area (Å²) in [5.41, 5.74) is 1.64. The molecule has 7 nitrogen and oxygen atoms in total. The second-order valence-corrected chi connectivity index (χ2v) is 8.53. The normalized spacial score (nSPS) is 14.9. The summed E-state index contributed by atoms with van der Waals surface area (Å²) in [5.74, 6) is 0.567. The van der Waals surface area contributed by atoms with Crippen molar-refractivity contribution in [3.8, 4) is 0 Å². The summed E-state index contributed by atoms with van der Waals surface area (Å²) in [6, 6.07) is 10.7. The van der Waals surface area contributed by atoms with E-state index in [1.165, 1.54) is 10.5 Å². The molecule has 2 aromatic rings. The number of nitrogens with one attached hydrogen (secondary N) is 1. The van der Waals surface area contributed by atoms with Crippen LogP contribution >= 0.6 is 0 Å². The number of hydrogen-bond donors (Lipinski definition) is 1. The van der Waals surface area contributed by atoms with E-state index in [-0.39, 0.29) is 10.8 Å². The minimum absolute atomic E-state index is 0.119. The summed E-state index contributed by atoms with van der Waals surface area (Å²) in [6.45, 7) is 1.76. The first-order valence-electron chi connectivity index (χ1n) is 8.90. The molecule has 3 rings (SSSR count). The smallest absolute Gasteiger partial charge is 0.251 e. The van der Waals surface area contributed by atoms with Crippen LogP contribution in [0, 0.1) is 0 Å². The molecule has 0 atom stereocenters. The second-order valence-electron chi connectivity index (χ2n) is 6.60. The van der Waals surface area contributed by atoms with Gasteiger partial charge in [0.2, 0.25) is 10.0 Å². The van der Waals surface area contributed by atoms with E-state index in [0.717, 1.165) is 18.4 Å². The molecule has 1 saturated heterocycles. The van der Waals surface area contributed by atoms with E-state index in [9.17, 15) is 13.2 Å². The standard InChI is InChI=1S/C19H24N4O3S/c1-20-19(24)16-7-5-15(6-8-16)14-22(2)18-10-9-17(13-21-18)27(25,26)23-11-3-4-12-23/h5-10,13H,3-4,11-12,14H2,1-2H3,(H,20,24). The van der Waals surface area contributed by atoms with Crippen LogP contribution in [0.4, 0.5) is 5.82 Å². The lowest BCUT2D eigenvalue weighted by atomic mass is 10.1. The van der Waals surface area contributed by atoms with E-state index in [0.29, 0.717) is 31.0 Å². The van der Waals surface area contributed by atoms with Crippen molar-refractivity contribution in [2.45, 2.75) is 24.3 Å². The molecule has 144 valence electrons. The Hall–Kier alpha value is -2.45. The predicted octanol–water partition coefficient (Wildman–Crippen LogP) is 1.86. The van der Waals surface area contributed by atoms with Crippen LogP contribution in [0.15, 0.2) is 47.5 Å². The first kappa shape index (κ1) is 19.3. The number of carbonyl (C=O) groups excluding carboxylic acids is 1. The van der Waals surface area contributed by atoms with Gasteiger partial charge in [-0.1, -0.05) is 12.1 Å². The lowest BCUT2D eigenvalue weighted by Gasteiger charge is -2.19. The van der Waals surface area contributed by atoms with E-state index in [4.69, 9.17) is 0 Å². The van der Waals surface area contributed by atoms with Crippen molar-refractivity contribution in [1.29, 1.82) is 0 Å². The first-order chi connectivity index (χ1) is 12.9. The summed E-state index contributed by atoms with van der Waals surface area (Å²) in [5, 5.41) is 2.59. The number of aromatic nitrogens is 1. The van der Waals surface area contributed by atoms with Crippen molar-refractivity contribution in [3.05, 3.63) is 53.7 Å². The van der Waals surface area contributed by atoms with Gasteiger partial charge >= 0.3 is 0 Å². The maximum atomic E-state index is 12.6. The second kappa shape index (κ2) is 8.06. The van der Waals surface area contributed by atoms with Crippen molar-refractivity contribution in [3.63, 3.8) is 0 Å². The molecule has 0 spiro atoms. The molecule has 1 aliphatic rings. The van der Waals surface area contributed by atoms with Crippen LogP contribution in [-0.4, -0.2) is 50.8 Å². The van der Waals surface area contributed by atoms with Crippen LogP contribution in [0.1, 0.15) is 28.8 Å². The zero-order valence-corrected chi connectivity index (χ0v) is 16.4. The minimum Gasteiger partial charge on any atom is -0.355 e. The fraction of sp³-hybridized carbons (Fsp3) is 0.368. The lowest BCUT2D eigenvalue weighted by Crippen LogP contribution is -2.28. The van der Waals surface area contributed by atoms with Gasteiger partial charge in [-0.05, 0) is 42.7 Å². The van der Waals surface area contributed by atoms with Gasteiger partial charge in [-0.25, -0.2) is 13.4 Å². The Morgan fingerprint density at radius 2 is 1.81 bits per heavy atom. The van der Waals surface area contributed by atoms with Crippen LogP contribution < -0.4 is 10.2 Å². The van der Waals surface area contributed by atoms with E-state index in [1.807, 2.05) is 24.1 Å². The summed E-state index contributed by atoms with van der Waals surface area (Å²) in [7, 11) is 0.0519. The molecule has 0 bridgehead atoms. The van der Waals surface area contributed by atoms with Crippen molar-refractivity contribution in [1.82, 2.24) is 14.6 Å². The fourth-order valence-corrected chi connectivity index (χ4v) is 4.55. The van der Waals surface area contributed by atoms with Gasteiger partial charge in [-0.3, -0.25) is 4.79 Å². The van der Waals surface area contributed by atoms with Crippen molar-refractivity contribution >= 4 is 21.7 Å². The summed E-state index contributed by atoms with van der Waals surface area (Å²) in [6.07, 6.45) is 3.24. The highest BCUT2D eigenvalue weighted by Crippen LogP contribution is 2.22. The van der Waals surface area contributed by atoms with Crippen molar-refractivity contribution in [2.75, 3.05) is 32.1 Å². The Balaban J connectivity index is 1.68. The Morgan fingerprint density at radius 1 is 1.15 bits per heavy atom. The molecule has 0 radical (unpaired) electrons. The number of pyridine rings is 1. The van der Waals surface area contributed by atoms with Crippen molar-refractivity contribution in [2.24, 2.45) is 0 Å². The molecule has 1 fully saturated rings. The van der Waals surface area contributed by atoms with Crippen LogP contribution in [0.25, 0.3) is 0 Å². The van der Waals surface area contributed by atoms with Gasteiger partial charge in [0.05, 0.1) is 0 Å². The number of amides is 1. The highest BCUT2D eigenvalue weighted by atomic mass is 32.2. The van der Waals surface area contributed by atoms with Gasteiger partial charge in [0.1, 0.15) is 10.7 Å². The van der Waals surface area contributed by atoms with E-state index >= 15 is 0 Å². The lowest BCUT2D eigenvalue weighted by molar-refractivity contribution is 0.0963. The Bertz CT molecular complexity index is 890. The predicted molar refractivity (Wildman–Crippen MR) is 104 cm³/mol. The molecule has 1 aliphatic heterocycles. The molecule has 1 aromatic heterocycles. The Morgan fingerprint density at radius 3 is 2.37 bits per heavy atom. The van der Waals surface area contributed by atoms with Crippen LogP contribution in [-0.2, 0) is 16.6 Å². The average molecular weight is 388 g/mol. The number of sulfonamides is 1. The third-order valence-corrected chi connectivity index (χ3v) is 6.56. The van der Waals surface area contributed by atoms with E-state index in [2.05, 4.69) is 10.3 Å².